The molecule has 1 aliphatic rings. The number of halogens is 1. The Morgan fingerprint density at radius 3 is 2.80 bits per heavy atom. The first-order valence-corrected chi connectivity index (χ1v) is 5.43. The van der Waals surface area contributed by atoms with Gasteiger partial charge in [-0.25, -0.2) is 9.97 Å². The number of aliphatic hydroxyl groups is 1. The fraction of sp³-hybridized carbons (Fsp3) is 0.600. The highest BCUT2D eigenvalue weighted by Gasteiger charge is 2.33. The minimum absolute atomic E-state index is 0.422. The number of nitrogens with one attached hydrogen (secondary N) is 1. The first kappa shape index (κ1) is 10.6. The van der Waals surface area contributed by atoms with Gasteiger partial charge in [-0.1, -0.05) is 11.6 Å². The van der Waals surface area contributed by atoms with Crippen LogP contribution in [0.25, 0.3) is 0 Å². The molecule has 4 nitrogen and oxygen atoms in total. The summed E-state index contributed by atoms with van der Waals surface area (Å²) in [5.41, 5.74) is -0.550. The van der Waals surface area contributed by atoms with Crippen molar-refractivity contribution in [3.63, 3.8) is 0 Å². The lowest BCUT2D eigenvalue weighted by atomic mass is 9.80. The number of anilines is 1. The van der Waals surface area contributed by atoms with Crippen molar-refractivity contribution in [2.75, 3.05) is 11.9 Å². The van der Waals surface area contributed by atoms with Crippen LogP contribution in [0.1, 0.15) is 25.1 Å². The summed E-state index contributed by atoms with van der Waals surface area (Å²) in [4.78, 5) is 8.14. The van der Waals surface area contributed by atoms with Crippen molar-refractivity contribution in [1.82, 2.24) is 9.97 Å². The number of nitrogens with zero attached hydrogens (tertiary/aromatic N) is 2. The lowest BCUT2D eigenvalue weighted by molar-refractivity contribution is -0.0202. The van der Waals surface area contributed by atoms with Gasteiger partial charge in [0.05, 0.1) is 5.60 Å². The Labute approximate surface area is 93.7 Å². The largest absolute Gasteiger partial charge is 0.388 e. The Kier molecular flexibility index (Phi) is 2.80. The average molecular weight is 228 g/mol. The second kappa shape index (κ2) is 3.94. The van der Waals surface area contributed by atoms with Gasteiger partial charge in [0.1, 0.15) is 16.8 Å². The molecule has 1 heterocycles. The molecule has 0 aromatic carbocycles. The van der Waals surface area contributed by atoms with Crippen LogP contribution in [0.2, 0.25) is 5.15 Å². The molecule has 2 N–H and O–H groups in total. The topological polar surface area (TPSA) is 58.0 Å². The quantitative estimate of drug-likeness (QED) is 0.773. The van der Waals surface area contributed by atoms with E-state index < -0.39 is 5.60 Å². The number of hydrogen-bond acceptors (Lipinski definition) is 4. The maximum Gasteiger partial charge on any atom is 0.134 e. The lowest BCUT2D eigenvalue weighted by Crippen LogP contribution is -2.43. The van der Waals surface area contributed by atoms with E-state index in [0.29, 0.717) is 23.3 Å². The molecule has 1 aliphatic carbocycles. The van der Waals surface area contributed by atoms with E-state index in [4.69, 9.17) is 11.6 Å². The number of aryl methyl sites for hydroxylation is 1. The highest BCUT2D eigenvalue weighted by molar-refractivity contribution is 6.29. The molecule has 1 saturated carbocycles. The van der Waals surface area contributed by atoms with E-state index in [-0.39, 0.29) is 0 Å². The molecule has 0 atom stereocenters. The molecule has 0 aliphatic heterocycles. The summed E-state index contributed by atoms with van der Waals surface area (Å²) in [5.74, 6) is 1.30. The van der Waals surface area contributed by atoms with E-state index in [9.17, 15) is 5.11 Å². The first-order chi connectivity index (χ1) is 7.07. The van der Waals surface area contributed by atoms with Crippen molar-refractivity contribution in [3.8, 4) is 0 Å². The van der Waals surface area contributed by atoms with E-state index >= 15 is 0 Å². The van der Waals surface area contributed by atoms with E-state index in [1.165, 1.54) is 0 Å². The van der Waals surface area contributed by atoms with Crippen LogP contribution in [-0.4, -0.2) is 27.2 Å². The van der Waals surface area contributed by atoms with Crippen LogP contribution in [-0.2, 0) is 0 Å². The summed E-state index contributed by atoms with van der Waals surface area (Å²) in [7, 11) is 0. The molecule has 82 valence electrons. The van der Waals surface area contributed by atoms with Crippen molar-refractivity contribution >= 4 is 17.4 Å². The summed E-state index contributed by atoms with van der Waals surface area (Å²) in [6, 6.07) is 1.66. The monoisotopic (exact) mass is 227 g/mol. The van der Waals surface area contributed by atoms with Crippen LogP contribution in [0.4, 0.5) is 5.82 Å². The predicted octanol–water partition coefficient (Wildman–Crippen LogP) is 1.77. The Bertz CT molecular complexity index is 345. The molecule has 0 saturated heterocycles. The van der Waals surface area contributed by atoms with Crippen LogP contribution in [0, 0.1) is 6.92 Å². The van der Waals surface area contributed by atoms with Crippen molar-refractivity contribution < 1.29 is 5.11 Å². The fourth-order valence-electron chi connectivity index (χ4n) is 1.64. The Morgan fingerprint density at radius 2 is 2.27 bits per heavy atom. The van der Waals surface area contributed by atoms with Crippen molar-refractivity contribution in [2.45, 2.75) is 31.8 Å². The Hall–Kier alpha value is -0.870. The molecule has 1 fully saturated rings. The third kappa shape index (κ3) is 2.58. The molecule has 0 bridgehead atoms. The number of rotatable bonds is 3. The fourth-order valence-corrected chi connectivity index (χ4v) is 1.86. The summed E-state index contributed by atoms with van der Waals surface area (Å²) < 4.78 is 0. The highest BCUT2D eigenvalue weighted by Crippen LogP contribution is 2.31. The molecule has 2 rings (SSSR count). The predicted molar refractivity (Wildman–Crippen MR) is 59.1 cm³/mol. The molecule has 0 radical (unpaired) electrons. The summed E-state index contributed by atoms with van der Waals surface area (Å²) >= 11 is 5.79. The van der Waals surface area contributed by atoms with Gasteiger partial charge in [-0.15, -0.1) is 0 Å². The third-order valence-corrected chi connectivity index (χ3v) is 2.88. The summed E-state index contributed by atoms with van der Waals surface area (Å²) in [6.45, 7) is 2.31. The standard InChI is InChI=1S/C10H14ClN3O/c1-7-13-8(11)5-9(14-7)12-6-10(15)3-2-4-10/h5,15H,2-4,6H2,1H3,(H,12,13,14). The Balaban J connectivity index is 1.98. The summed E-state index contributed by atoms with van der Waals surface area (Å²) in [6.07, 6.45) is 2.82. The molecular weight excluding hydrogens is 214 g/mol. The maximum atomic E-state index is 9.87. The smallest absolute Gasteiger partial charge is 0.134 e. The van der Waals surface area contributed by atoms with Crippen molar-refractivity contribution in [1.29, 1.82) is 0 Å². The molecular formula is C10H14ClN3O. The van der Waals surface area contributed by atoms with Crippen molar-refractivity contribution in [2.24, 2.45) is 0 Å². The van der Waals surface area contributed by atoms with Gasteiger partial charge in [0.15, 0.2) is 0 Å². The van der Waals surface area contributed by atoms with Crippen LogP contribution in [0.5, 0.6) is 0 Å². The number of hydrogen-bond donors (Lipinski definition) is 2. The van der Waals surface area contributed by atoms with E-state index in [0.717, 1.165) is 19.3 Å². The second-order valence-corrected chi connectivity index (χ2v) is 4.44. The highest BCUT2D eigenvalue weighted by atomic mass is 35.5. The van der Waals surface area contributed by atoms with Crippen LogP contribution >= 0.6 is 11.6 Å². The van der Waals surface area contributed by atoms with Gasteiger partial charge in [-0.3, -0.25) is 0 Å². The van der Waals surface area contributed by atoms with Crippen LogP contribution in [0.3, 0.4) is 0 Å². The minimum atomic E-state index is -0.550. The van der Waals surface area contributed by atoms with Crippen LogP contribution < -0.4 is 5.32 Å². The molecule has 0 unspecified atom stereocenters. The van der Waals surface area contributed by atoms with Gasteiger partial charge in [0.25, 0.3) is 0 Å². The van der Waals surface area contributed by atoms with Gasteiger partial charge >= 0.3 is 0 Å². The molecule has 15 heavy (non-hydrogen) atoms. The van der Waals surface area contributed by atoms with E-state index in [1.54, 1.807) is 13.0 Å². The Morgan fingerprint density at radius 1 is 1.53 bits per heavy atom. The van der Waals surface area contributed by atoms with Gasteiger partial charge < -0.3 is 10.4 Å². The molecule has 0 spiro atoms. The van der Waals surface area contributed by atoms with Gasteiger partial charge in [-0.2, -0.15) is 0 Å². The van der Waals surface area contributed by atoms with Crippen LogP contribution in [0.15, 0.2) is 6.07 Å². The normalized spacial score (nSPS) is 18.3. The first-order valence-electron chi connectivity index (χ1n) is 5.05. The summed E-state index contributed by atoms with van der Waals surface area (Å²) in [5, 5.41) is 13.4. The third-order valence-electron chi connectivity index (χ3n) is 2.69. The van der Waals surface area contributed by atoms with Gasteiger partial charge in [0.2, 0.25) is 0 Å². The molecule has 1 aromatic rings. The second-order valence-electron chi connectivity index (χ2n) is 4.05. The van der Waals surface area contributed by atoms with E-state index in [2.05, 4.69) is 15.3 Å². The maximum absolute atomic E-state index is 9.87. The minimum Gasteiger partial charge on any atom is -0.388 e. The zero-order valence-electron chi connectivity index (χ0n) is 8.63. The number of aromatic nitrogens is 2. The van der Waals surface area contributed by atoms with Gasteiger partial charge in [0, 0.05) is 12.6 Å². The molecule has 1 aromatic heterocycles. The molecule has 0 amide bonds. The lowest BCUT2D eigenvalue weighted by Gasteiger charge is -2.36. The zero-order valence-corrected chi connectivity index (χ0v) is 9.38. The SMILES string of the molecule is Cc1nc(Cl)cc(NCC2(O)CCC2)n1. The zero-order chi connectivity index (χ0) is 10.9. The average Bonchev–Trinajstić information content (AvgIpc) is 2.10. The van der Waals surface area contributed by atoms with E-state index in [1.807, 2.05) is 0 Å². The van der Waals surface area contributed by atoms with Crippen molar-refractivity contribution in [3.05, 3.63) is 17.0 Å². The molecule has 5 heteroatoms. The van der Waals surface area contributed by atoms with Gasteiger partial charge in [-0.05, 0) is 26.2 Å².